The molecular formula is C11H21N5O. The minimum Gasteiger partial charge on any atom is -0.394 e. The smallest absolute Gasteiger partial charge is 0.147 e. The zero-order valence-corrected chi connectivity index (χ0v) is 10.6. The lowest BCUT2D eigenvalue weighted by Crippen LogP contribution is -2.46. The van der Waals surface area contributed by atoms with E-state index in [0.717, 1.165) is 38.4 Å². The van der Waals surface area contributed by atoms with Crippen LogP contribution in [0.25, 0.3) is 0 Å². The number of fused-ring (bicyclic) bond motifs is 1. The van der Waals surface area contributed by atoms with E-state index in [1.54, 1.807) is 6.33 Å². The van der Waals surface area contributed by atoms with Crippen molar-refractivity contribution < 1.29 is 5.11 Å². The van der Waals surface area contributed by atoms with E-state index in [9.17, 15) is 5.11 Å². The number of hydrogen-bond donors (Lipinski definition) is 2. The van der Waals surface area contributed by atoms with Crippen molar-refractivity contribution in [2.75, 3.05) is 26.7 Å². The van der Waals surface area contributed by atoms with Gasteiger partial charge >= 0.3 is 0 Å². The molecule has 0 fully saturated rings. The second kappa shape index (κ2) is 5.12. The number of aromatic nitrogens is 3. The molecule has 1 aromatic heterocycles. The molecule has 2 heterocycles. The summed E-state index contributed by atoms with van der Waals surface area (Å²) in [5.74, 6) is 1.03. The van der Waals surface area contributed by atoms with Gasteiger partial charge in [0.05, 0.1) is 13.2 Å². The van der Waals surface area contributed by atoms with Crippen molar-refractivity contribution in [1.82, 2.24) is 25.0 Å². The Bertz CT molecular complexity index is 360. The van der Waals surface area contributed by atoms with E-state index in [-0.39, 0.29) is 12.1 Å². The van der Waals surface area contributed by atoms with Gasteiger partial charge in [0, 0.05) is 25.2 Å². The fraction of sp³-hybridized carbons (Fsp3) is 0.818. The maximum Gasteiger partial charge on any atom is 0.147 e. The highest BCUT2D eigenvalue weighted by Gasteiger charge is 2.23. The lowest BCUT2D eigenvalue weighted by Gasteiger charge is -2.32. The number of aliphatic hydroxyl groups excluding tert-OH is 1. The van der Waals surface area contributed by atoms with Gasteiger partial charge in [-0.1, -0.05) is 0 Å². The molecule has 1 atom stereocenters. The van der Waals surface area contributed by atoms with E-state index < -0.39 is 0 Å². The molecule has 96 valence electrons. The van der Waals surface area contributed by atoms with Crippen molar-refractivity contribution in [3.63, 3.8) is 0 Å². The molecule has 0 bridgehead atoms. The summed E-state index contributed by atoms with van der Waals surface area (Å²) in [5.41, 5.74) is -0.189. The largest absolute Gasteiger partial charge is 0.394 e. The zero-order chi connectivity index (χ0) is 12.3. The number of likely N-dealkylation sites (N-methyl/N-ethyl adjacent to an activating group) is 1. The summed E-state index contributed by atoms with van der Waals surface area (Å²) in [5, 5.41) is 20.5. The van der Waals surface area contributed by atoms with Crippen molar-refractivity contribution >= 4 is 0 Å². The van der Waals surface area contributed by atoms with Gasteiger partial charge in [0.15, 0.2) is 0 Å². The fourth-order valence-corrected chi connectivity index (χ4v) is 2.00. The van der Waals surface area contributed by atoms with Crippen LogP contribution in [0.15, 0.2) is 6.33 Å². The number of rotatable bonds is 5. The highest BCUT2D eigenvalue weighted by Crippen LogP contribution is 2.13. The Balaban J connectivity index is 1.86. The Morgan fingerprint density at radius 3 is 3.06 bits per heavy atom. The van der Waals surface area contributed by atoms with E-state index in [1.807, 2.05) is 14.0 Å². The lowest BCUT2D eigenvalue weighted by atomic mass is 9.99. The summed E-state index contributed by atoms with van der Waals surface area (Å²) in [7, 11) is 1.89. The average molecular weight is 239 g/mol. The first-order chi connectivity index (χ1) is 8.17. The van der Waals surface area contributed by atoms with E-state index in [4.69, 9.17) is 0 Å². The molecule has 2 rings (SSSR count). The van der Waals surface area contributed by atoms with Crippen LogP contribution >= 0.6 is 0 Å². The van der Waals surface area contributed by atoms with Crippen molar-refractivity contribution in [3.05, 3.63) is 12.2 Å². The summed E-state index contributed by atoms with van der Waals surface area (Å²) >= 11 is 0. The van der Waals surface area contributed by atoms with Gasteiger partial charge in [0.25, 0.3) is 0 Å². The number of aliphatic hydroxyl groups is 1. The zero-order valence-electron chi connectivity index (χ0n) is 10.6. The number of hydrogen-bond acceptors (Lipinski definition) is 5. The third-order valence-corrected chi connectivity index (χ3v) is 3.65. The van der Waals surface area contributed by atoms with Crippen molar-refractivity contribution in [2.24, 2.45) is 0 Å². The molecule has 1 unspecified atom stereocenters. The molecule has 1 aromatic rings. The van der Waals surface area contributed by atoms with Crippen LogP contribution < -0.4 is 5.32 Å². The summed E-state index contributed by atoms with van der Waals surface area (Å²) in [6.45, 7) is 6.00. The van der Waals surface area contributed by atoms with Gasteiger partial charge in [-0.25, -0.2) is 0 Å². The van der Waals surface area contributed by atoms with Gasteiger partial charge in [0.1, 0.15) is 12.2 Å². The molecular weight excluding hydrogens is 218 g/mol. The molecule has 6 heteroatoms. The van der Waals surface area contributed by atoms with Gasteiger partial charge in [-0.15, -0.1) is 10.2 Å². The predicted molar refractivity (Wildman–Crippen MR) is 64.5 cm³/mol. The van der Waals surface area contributed by atoms with Gasteiger partial charge in [-0.05, 0) is 20.4 Å². The molecule has 2 N–H and O–H groups in total. The quantitative estimate of drug-likeness (QED) is 0.722. The first-order valence-electron chi connectivity index (χ1n) is 6.06. The summed E-state index contributed by atoms with van der Waals surface area (Å²) in [6.07, 6.45) is 2.71. The summed E-state index contributed by atoms with van der Waals surface area (Å²) in [4.78, 5) is 2.36. The molecule has 0 saturated heterocycles. The molecule has 1 aliphatic heterocycles. The Labute approximate surface area is 102 Å². The van der Waals surface area contributed by atoms with Crippen LogP contribution in [0.3, 0.4) is 0 Å². The molecule has 0 amide bonds. The fourth-order valence-electron chi connectivity index (χ4n) is 2.00. The van der Waals surface area contributed by atoms with Crippen LogP contribution in [-0.2, 0) is 13.1 Å². The van der Waals surface area contributed by atoms with E-state index in [1.165, 1.54) is 0 Å². The Morgan fingerprint density at radius 1 is 1.53 bits per heavy atom. The maximum atomic E-state index is 9.33. The van der Waals surface area contributed by atoms with Crippen molar-refractivity contribution in [2.45, 2.75) is 32.0 Å². The SMILES string of the molecule is CNC(C)(CO)CCN1CCn2cnnc2C1. The molecule has 0 aromatic carbocycles. The van der Waals surface area contributed by atoms with Crippen LogP contribution in [0, 0.1) is 0 Å². The normalized spacial score (nSPS) is 19.9. The molecule has 0 spiro atoms. The third kappa shape index (κ3) is 2.83. The molecule has 0 aliphatic carbocycles. The van der Waals surface area contributed by atoms with Crippen molar-refractivity contribution in [1.29, 1.82) is 0 Å². The lowest BCUT2D eigenvalue weighted by molar-refractivity contribution is 0.140. The topological polar surface area (TPSA) is 66.2 Å². The van der Waals surface area contributed by atoms with E-state index in [2.05, 4.69) is 25.0 Å². The predicted octanol–water partition coefficient (Wildman–Crippen LogP) is -0.546. The highest BCUT2D eigenvalue weighted by molar-refractivity contribution is 4.91. The Hall–Kier alpha value is -0.980. The molecule has 0 radical (unpaired) electrons. The maximum absolute atomic E-state index is 9.33. The summed E-state index contributed by atoms with van der Waals surface area (Å²) in [6, 6.07) is 0. The number of nitrogens with zero attached hydrogens (tertiary/aromatic N) is 4. The monoisotopic (exact) mass is 239 g/mol. The number of nitrogens with one attached hydrogen (secondary N) is 1. The third-order valence-electron chi connectivity index (χ3n) is 3.65. The second-order valence-corrected chi connectivity index (χ2v) is 4.94. The van der Waals surface area contributed by atoms with Crippen LogP contribution in [0.5, 0.6) is 0 Å². The Morgan fingerprint density at radius 2 is 2.35 bits per heavy atom. The minimum absolute atomic E-state index is 0.160. The second-order valence-electron chi connectivity index (χ2n) is 4.94. The molecule has 0 saturated carbocycles. The molecule has 1 aliphatic rings. The molecule has 6 nitrogen and oxygen atoms in total. The van der Waals surface area contributed by atoms with Crippen LogP contribution in [-0.4, -0.2) is 57.1 Å². The van der Waals surface area contributed by atoms with Crippen LogP contribution in [0.1, 0.15) is 19.2 Å². The minimum atomic E-state index is -0.189. The average Bonchev–Trinajstić information content (AvgIpc) is 2.83. The first-order valence-corrected chi connectivity index (χ1v) is 6.06. The van der Waals surface area contributed by atoms with Gasteiger partial charge in [0.2, 0.25) is 0 Å². The van der Waals surface area contributed by atoms with E-state index >= 15 is 0 Å². The van der Waals surface area contributed by atoms with Gasteiger partial charge < -0.3 is 15.0 Å². The van der Waals surface area contributed by atoms with Crippen molar-refractivity contribution in [3.8, 4) is 0 Å². The standard InChI is InChI=1S/C11H21N5O/c1-11(8-17,12-2)3-4-15-5-6-16-9-13-14-10(16)7-15/h9,12,17H,3-8H2,1-2H3. The van der Waals surface area contributed by atoms with Gasteiger partial charge in [-0.2, -0.15) is 0 Å². The van der Waals surface area contributed by atoms with Crippen LogP contribution in [0.2, 0.25) is 0 Å². The van der Waals surface area contributed by atoms with Gasteiger partial charge in [-0.3, -0.25) is 4.90 Å². The van der Waals surface area contributed by atoms with Crippen LogP contribution in [0.4, 0.5) is 0 Å². The summed E-state index contributed by atoms with van der Waals surface area (Å²) < 4.78 is 2.10. The van der Waals surface area contributed by atoms with E-state index in [0.29, 0.717) is 0 Å². The first kappa shape index (κ1) is 12.5. The highest BCUT2D eigenvalue weighted by atomic mass is 16.3. The Kier molecular flexibility index (Phi) is 3.76. The molecule has 17 heavy (non-hydrogen) atoms.